The van der Waals surface area contributed by atoms with E-state index in [2.05, 4.69) is 10.4 Å². The van der Waals surface area contributed by atoms with Crippen LogP contribution in [0.5, 0.6) is 0 Å². The third kappa shape index (κ3) is 2.69. The Morgan fingerprint density at radius 1 is 1.57 bits per heavy atom. The molecule has 0 radical (unpaired) electrons. The number of hydrogen-bond acceptors (Lipinski definition) is 4. The van der Waals surface area contributed by atoms with Crippen LogP contribution in [0.2, 0.25) is 0 Å². The quantitative estimate of drug-likeness (QED) is 0.900. The molecule has 1 amide bonds. The summed E-state index contributed by atoms with van der Waals surface area (Å²) >= 11 is 0. The lowest BCUT2D eigenvalue weighted by atomic mass is 10.1. The van der Waals surface area contributed by atoms with Crippen LogP contribution >= 0.6 is 0 Å². The second-order valence-electron chi connectivity index (χ2n) is 4.44. The molecular weight excluding hydrogens is 273 g/mol. The third-order valence-electron chi connectivity index (χ3n) is 3.06. The molecule has 108 valence electrons. The summed E-state index contributed by atoms with van der Waals surface area (Å²) in [4.78, 5) is 12.3. The largest absolute Gasteiger partial charge is 0.395 e. The number of carbonyl (C=O) groups excluding carboxylic acids is 1. The molecule has 0 unspecified atom stereocenters. The van der Waals surface area contributed by atoms with Gasteiger partial charge in [-0.05, 0) is 24.6 Å². The highest BCUT2D eigenvalue weighted by Crippen LogP contribution is 2.21. The Morgan fingerprint density at radius 3 is 2.86 bits per heavy atom. The topological polar surface area (TPSA) is 96.7 Å². The molecule has 0 bridgehead atoms. The van der Waals surface area contributed by atoms with E-state index in [1.165, 1.54) is 16.8 Å². The van der Waals surface area contributed by atoms with Crippen molar-refractivity contribution in [2.24, 2.45) is 7.05 Å². The summed E-state index contributed by atoms with van der Waals surface area (Å²) in [6.45, 7) is 1.88. The molecule has 0 saturated heterocycles. The fourth-order valence-corrected chi connectivity index (χ4v) is 2.03. The molecule has 1 aromatic carbocycles. The van der Waals surface area contributed by atoms with Crippen LogP contribution in [-0.2, 0) is 13.5 Å². The van der Waals surface area contributed by atoms with Crippen molar-refractivity contribution < 1.29 is 9.18 Å². The number of rotatable bonds is 3. The molecule has 2 rings (SSSR count). The Bertz CT molecular complexity index is 745. The molecule has 0 fully saturated rings. The summed E-state index contributed by atoms with van der Waals surface area (Å²) in [6, 6.07) is 5.39. The maximum atomic E-state index is 13.1. The summed E-state index contributed by atoms with van der Waals surface area (Å²) in [7, 11) is 1.61. The molecule has 6 nitrogen and oxygen atoms in total. The second-order valence-corrected chi connectivity index (χ2v) is 4.44. The number of anilines is 2. The van der Waals surface area contributed by atoms with Crippen LogP contribution in [0.25, 0.3) is 0 Å². The molecule has 1 heterocycles. The summed E-state index contributed by atoms with van der Waals surface area (Å²) in [5.74, 6) is -1.04. The number of amides is 1. The van der Waals surface area contributed by atoms with Gasteiger partial charge in [0, 0.05) is 7.05 Å². The first-order valence-electron chi connectivity index (χ1n) is 6.30. The van der Waals surface area contributed by atoms with E-state index < -0.39 is 11.7 Å². The highest BCUT2D eigenvalue weighted by atomic mass is 19.1. The maximum absolute atomic E-state index is 13.1. The van der Waals surface area contributed by atoms with E-state index in [1.807, 2.05) is 13.0 Å². The van der Waals surface area contributed by atoms with Crippen molar-refractivity contribution in [1.82, 2.24) is 9.78 Å². The van der Waals surface area contributed by atoms with E-state index in [-0.39, 0.29) is 16.9 Å². The Morgan fingerprint density at radius 2 is 2.29 bits per heavy atom. The van der Waals surface area contributed by atoms with E-state index in [0.29, 0.717) is 17.8 Å². The number of aromatic nitrogens is 2. The zero-order valence-electron chi connectivity index (χ0n) is 11.6. The normalized spacial score (nSPS) is 10.2. The van der Waals surface area contributed by atoms with Crippen LogP contribution in [0, 0.1) is 17.1 Å². The minimum atomic E-state index is -0.544. The summed E-state index contributed by atoms with van der Waals surface area (Å²) in [5, 5.41) is 15.7. The fraction of sp³-hybridized carbons (Fsp3) is 0.214. The van der Waals surface area contributed by atoms with Gasteiger partial charge in [-0.1, -0.05) is 6.92 Å². The standard InChI is InChI=1S/C14H14FN5O/c1-3-10-12(17)13(20(2)19-10)14(21)18-11-5-4-9(15)6-8(11)7-16/h4-6H,3,17H2,1-2H3,(H,18,21). The average Bonchev–Trinajstić information content (AvgIpc) is 2.75. The van der Waals surface area contributed by atoms with Gasteiger partial charge in [-0.25, -0.2) is 4.39 Å². The van der Waals surface area contributed by atoms with E-state index in [0.717, 1.165) is 6.07 Å². The van der Waals surface area contributed by atoms with E-state index >= 15 is 0 Å². The van der Waals surface area contributed by atoms with Gasteiger partial charge in [0.25, 0.3) is 5.91 Å². The molecule has 0 aliphatic rings. The number of hydrogen-bond donors (Lipinski definition) is 2. The first kappa shape index (κ1) is 14.5. The molecule has 2 aromatic rings. The highest BCUT2D eigenvalue weighted by molar-refractivity contribution is 6.07. The van der Waals surface area contributed by atoms with Gasteiger partial charge in [0.05, 0.1) is 22.6 Å². The Hall–Kier alpha value is -2.88. The first-order valence-corrected chi connectivity index (χ1v) is 6.30. The molecule has 7 heteroatoms. The van der Waals surface area contributed by atoms with Crippen LogP contribution in [-0.4, -0.2) is 15.7 Å². The summed E-state index contributed by atoms with van der Waals surface area (Å²) in [6.07, 6.45) is 0.604. The first-order chi connectivity index (χ1) is 9.97. The van der Waals surface area contributed by atoms with E-state index in [4.69, 9.17) is 11.0 Å². The number of benzene rings is 1. The lowest BCUT2D eigenvalue weighted by Crippen LogP contribution is -2.18. The minimum absolute atomic E-state index is 0.0415. The average molecular weight is 287 g/mol. The smallest absolute Gasteiger partial charge is 0.276 e. The highest BCUT2D eigenvalue weighted by Gasteiger charge is 2.20. The number of halogens is 1. The van der Waals surface area contributed by atoms with Crippen LogP contribution < -0.4 is 11.1 Å². The predicted octanol–water partition coefficient (Wildman–Crippen LogP) is 1.83. The lowest BCUT2D eigenvalue weighted by molar-refractivity contribution is 0.101. The molecule has 3 N–H and O–H groups in total. The van der Waals surface area contributed by atoms with Gasteiger partial charge >= 0.3 is 0 Å². The van der Waals surface area contributed by atoms with Gasteiger partial charge in [-0.2, -0.15) is 10.4 Å². The third-order valence-corrected chi connectivity index (χ3v) is 3.06. The molecule has 0 aliphatic heterocycles. The molecule has 0 spiro atoms. The Labute approximate surface area is 121 Å². The Kier molecular flexibility index (Phi) is 3.89. The van der Waals surface area contributed by atoms with E-state index in [9.17, 15) is 9.18 Å². The van der Waals surface area contributed by atoms with Crippen molar-refractivity contribution in [3.05, 3.63) is 41.0 Å². The minimum Gasteiger partial charge on any atom is -0.395 e. The zero-order chi connectivity index (χ0) is 15.6. The number of nitrogens with one attached hydrogen (secondary N) is 1. The SMILES string of the molecule is CCc1nn(C)c(C(=O)Nc2ccc(F)cc2C#N)c1N. The van der Waals surface area contributed by atoms with Crippen LogP contribution in [0.15, 0.2) is 18.2 Å². The van der Waals surface area contributed by atoms with Crippen LogP contribution in [0.3, 0.4) is 0 Å². The summed E-state index contributed by atoms with van der Waals surface area (Å²) in [5.41, 5.74) is 7.30. The van der Waals surface area contributed by atoms with Crippen molar-refractivity contribution in [1.29, 1.82) is 5.26 Å². The number of nitrogen functional groups attached to an aromatic ring is 1. The van der Waals surface area contributed by atoms with Crippen LogP contribution in [0.1, 0.15) is 28.7 Å². The second kappa shape index (κ2) is 5.63. The van der Waals surface area contributed by atoms with Gasteiger partial charge < -0.3 is 11.1 Å². The fourth-order valence-electron chi connectivity index (χ4n) is 2.03. The maximum Gasteiger partial charge on any atom is 0.276 e. The van der Waals surface area contributed by atoms with Gasteiger partial charge in [0.2, 0.25) is 0 Å². The van der Waals surface area contributed by atoms with Gasteiger partial charge in [0.1, 0.15) is 17.6 Å². The van der Waals surface area contributed by atoms with Crippen molar-refractivity contribution in [2.75, 3.05) is 11.1 Å². The molecular formula is C14H14FN5O. The number of carbonyl (C=O) groups is 1. The monoisotopic (exact) mass is 287 g/mol. The molecule has 0 aliphatic carbocycles. The van der Waals surface area contributed by atoms with Crippen molar-refractivity contribution in [3.8, 4) is 6.07 Å². The van der Waals surface area contributed by atoms with E-state index in [1.54, 1.807) is 7.05 Å². The number of nitrogens with two attached hydrogens (primary N) is 1. The molecule has 21 heavy (non-hydrogen) atoms. The number of nitrogens with zero attached hydrogens (tertiary/aromatic N) is 3. The van der Waals surface area contributed by atoms with Crippen LogP contribution in [0.4, 0.5) is 15.8 Å². The Balaban J connectivity index is 2.35. The predicted molar refractivity (Wildman–Crippen MR) is 76.1 cm³/mol. The number of nitriles is 1. The molecule has 0 atom stereocenters. The van der Waals surface area contributed by atoms with Gasteiger partial charge in [-0.15, -0.1) is 0 Å². The number of aryl methyl sites for hydroxylation is 2. The van der Waals surface area contributed by atoms with Crippen molar-refractivity contribution in [3.63, 3.8) is 0 Å². The van der Waals surface area contributed by atoms with Gasteiger partial charge in [0.15, 0.2) is 0 Å². The van der Waals surface area contributed by atoms with Gasteiger partial charge in [-0.3, -0.25) is 9.48 Å². The summed E-state index contributed by atoms with van der Waals surface area (Å²) < 4.78 is 14.5. The zero-order valence-corrected chi connectivity index (χ0v) is 11.6. The molecule has 1 aromatic heterocycles. The van der Waals surface area contributed by atoms with Crippen molar-refractivity contribution in [2.45, 2.75) is 13.3 Å². The molecule has 0 saturated carbocycles. The van der Waals surface area contributed by atoms with Crippen molar-refractivity contribution >= 4 is 17.3 Å². The lowest BCUT2D eigenvalue weighted by Gasteiger charge is -2.08.